The fraction of sp³-hybridized carbons (Fsp3) is 0.700. The van der Waals surface area contributed by atoms with Gasteiger partial charge in [0.2, 0.25) is 0 Å². The lowest BCUT2D eigenvalue weighted by atomic mass is 10.1. The van der Waals surface area contributed by atoms with Gasteiger partial charge in [0.05, 0.1) is 5.69 Å². The maximum Gasteiger partial charge on any atom is 0.0552 e. The van der Waals surface area contributed by atoms with Gasteiger partial charge in [0.15, 0.2) is 0 Å². The number of aromatic nitrogens is 2. The molecule has 0 spiro atoms. The number of nitrogens with zero attached hydrogens (tertiary/aromatic N) is 2. The van der Waals surface area contributed by atoms with E-state index in [0.29, 0.717) is 12.3 Å². The van der Waals surface area contributed by atoms with Crippen LogP contribution in [0.1, 0.15) is 32.0 Å². The predicted molar refractivity (Wildman–Crippen MR) is 55.7 cm³/mol. The number of rotatable bonds is 5. The normalized spacial score (nSPS) is 13.5. The van der Waals surface area contributed by atoms with Crippen LogP contribution < -0.4 is 5.73 Å². The molecule has 1 heterocycles. The van der Waals surface area contributed by atoms with E-state index in [-0.39, 0.29) is 12.6 Å². The Morgan fingerprint density at radius 3 is 2.86 bits per heavy atom. The first-order chi connectivity index (χ1) is 6.65. The van der Waals surface area contributed by atoms with Crippen molar-refractivity contribution in [3.8, 4) is 0 Å². The summed E-state index contributed by atoms with van der Waals surface area (Å²) in [5.41, 5.74) is 6.91. The van der Waals surface area contributed by atoms with Gasteiger partial charge in [0.25, 0.3) is 0 Å². The van der Waals surface area contributed by atoms with Gasteiger partial charge >= 0.3 is 0 Å². The summed E-state index contributed by atoms with van der Waals surface area (Å²) in [4.78, 5) is 0. The first kappa shape index (κ1) is 11.2. The van der Waals surface area contributed by atoms with Gasteiger partial charge in [-0.3, -0.25) is 4.68 Å². The lowest BCUT2D eigenvalue weighted by molar-refractivity contribution is 0.273. The summed E-state index contributed by atoms with van der Waals surface area (Å²) in [5, 5.41) is 13.0. The van der Waals surface area contributed by atoms with Crippen LogP contribution in [-0.4, -0.2) is 21.5 Å². The third-order valence-corrected chi connectivity index (χ3v) is 2.11. The topological polar surface area (TPSA) is 64.1 Å². The van der Waals surface area contributed by atoms with Crippen molar-refractivity contribution in [2.75, 3.05) is 6.61 Å². The van der Waals surface area contributed by atoms with Crippen molar-refractivity contribution in [3.05, 3.63) is 18.0 Å². The van der Waals surface area contributed by atoms with E-state index in [4.69, 9.17) is 10.8 Å². The summed E-state index contributed by atoms with van der Waals surface area (Å²) in [6.45, 7) is 5.28. The molecule has 1 rings (SSSR count). The van der Waals surface area contributed by atoms with Crippen molar-refractivity contribution in [1.82, 2.24) is 9.78 Å². The smallest absolute Gasteiger partial charge is 0.0552 e. The standard InChI is InChI=1S/C10H19N3O/c1-8(2)7-13-10(3-5-12-13)9(11)4-6-14/h3,5,8-9,14H,4,6-7,11H2,1-2H3. The van der Waals surface area contributed by atoms with Crippen LogP contribution >= 0.6 is 0 Å². The zero-order valence-corrected chi connectivity index (χ0v) is 8.85. The SMILES string of the molecule is CC(C)Cn1nccc1C(N)CCO. The van der Waals surface area contributed by atoms with E-state index in [1.165, 1.54) is 0 Å². The van der Waals surface area contributed by atoms with E-state index in [9.17, 15) is 0 Å². The highest BCUT2D eigenvalue weighted by Crippen LogP contribution is 2.14. The summed E-state index contributed by atoms with van der Waals surface area (Å²) in [6, 6.07) is 1.81. The largest absolute Gasteiger partial charge is 0.396 e. The van der Waals surface area contributed by atoms with Gasteiger partial charge in [0.1, 0.15) is 0 Å². The van der Waals surface area contributed by atoms with E-state index in [2.05, 4.69) is 18.9 Å². The molecule has 0 aromatic carbocycles. The molecule has 1 atom stereocenters. The maximum atomic E-state index is 8.80. The van der Waals surface area contributed by atoms with E-state index >= 15 is 0 Å². The molecule has 0 fully saturated rings. The van der Waals surface area contributed by atoms with E-state index in [0.717, 1.165) is 12.2 Å². The Labute approximate surface area is 84.7 Å². The molecule has 80 valence electrons. The van der Waals surface area contributed by atoms with Crippen LogP contribution in [0.2, 0.25) is 0 Å². The average Bonchev–Trinajstić information content (AvgIpc) is 2.51. The molecule has 14 heavy (non-hydrogen) atoms. The Bertz CT molecular complexity index is 270. The lowest BCUT2D eigenvalue weighted by Crippen LogP contribution is -2.19. The Balaban J connectivity index is 2.70. The summed E-state index contributed by atoms with van der Waals surface area (Å²) < 4.78 is 1.92. The molecule has 3 N–H and O–H groups in total. The van der Waals surface area contributed by atoms with Gasteiger partial charge < -0.3 is 10.8 Å². The van der Waals surface area contributed by atoms with Crippen molar-refractivity contribution in [3.63, 3.8) is 0 Å². The van der Waals surface area contributed by atoms with Crippen LogP contribution in [0.4, 0.5) is 0 Å². The Hall–Kier alpha value is -0.870. The fourth-order valence-electron chi connectivity index (χ4n) is 1.44. The monoisotopic (exact) mass is 197 g/mol. The molecule has 1 unspecified atom stereocenters. The van der Waals surface area contributed by atoms with Crippen molar-refractivity contribution < 1.29 is 5.11 Å². The van der Waals surface area contributed by atoms with Gasteiger partial charge in [-0.2, -0.15) is 5.10 Å². The number of aliphatic hydroxyl groups excluding tert-OH is 1. The Kier molecular flexibility index (Phi) is 4.10. The molecular weight excluding hydrogens is 178 g/mol. The molecule has 0 aliphatic carbocycles. The highest BCUT2D eigenvalue weighted by Gasteiger charge is 2.11. The first-order valence-corrected chi connectivity index (χ1v) is 5.03. The van der Waals surface area contributed by atoms with Crippen molar-refractivity contribution in [2.45, 2.75) is 32.9 Å². The molecule has 0 aliphatic rings. The third kappa shape index (κ3) is 2.82. The number of hydrogen-bond donors (Lipinski definition) is 2. The summed E-state index contributed by atoms with van der Waals surface area (Å²) in [7, 11) is 0. The van der Waals surface area contributed by atoms with Crippen LogP contribution in [0.3, 0.4) is 0 Å². The molecule has 4 nitrogen and oxygen atoms in total. The molecule has 1 aromatic heterocycles. The van der Waals surface area contributed by atoms with Crippen LogP contribution in [-0.2, 0) is 6.54 Å². The molecule has 0 aliphatic heterocycles. The first-order valence-electron chi connectivity index (χ1n) is 5.03. The van der Waals surface area contributed by atoms with Gasteiger partial charge in [-0.05, 0) is 18.4 Å². The van der Waals surface area contributed by atoms with Gasteiger partial charge in [-0.25, -0.2) is 0 Å². The minimum absolute atomic E-state index is 0.110. The number of aliphatic hydroxyl groups is 1. The highest BCUT2D eigenvalue weighted by atomic mass is 16.3. The van der Waals surface area contributed by atoms with Crippen LogP contribution in [0.15, 0.2) is 12.3 Å². The molecule has 0 saturated carbocycles. The van der Waals surface area contributed by atoms with Crippen LogP contribution in [0.25, 0.3) is 0 Å². The maximum absolute atomic E-state index is 8.80. The molecular formula is C10H19N3O. The van der Waals surface area contributed by atoms with E-state index in [1.54, 1.807) is 6.20 Å². The molecule has 0 bridgehead atoms. The van der Waals surface area contributed by atoms with Crippen molar-refractivity contribution in [2.24, 2.45) is 11.7 Å². The van der Waals surface area contributed by atoms with Crippen molar-refractivity contribution >= 4 is 0 Å². The quantitative estimate of drug-likeness (QED) is 0.737. The Morgan fingerprint density at radius 2 is 2.29 bits per heavy atom. The summed E-state index contributed by atoms with van der Waals surface area (Å²) >= 11 is 0. The van der Waals surface area contributed by atoms with Crippen molar-refractivity contribution in [1.29, 1.82) is 0 Å². The number of hydrogen-bond acceptors (Lipinski definition) is 3. The third-order valence-electron chi connectivity index (χ3n) is 2.11. The van der Waals surface area contributed by atoms with Gasteiger partial charge in [0, 0.05) is 25.4 Å². The zero-order valence-electron chi connectivity index (χ0n) is 8.85. The summed E-state index contributed by atoms with van der Waals surface area (Å²) in [6.07, 6.45) is 2.35. The van der Waals surface area contributed by atoms with Gasteiger partial charge in [-0.15, -0.1) is 0 Å². The molecule has 1 aromatic rings. The number of nitrogens with two attached hydrogens (primary N) is 1. The molecule has 0 radical (unpaired) electrons. The average molecular weight is 197 g/mol. The van der Waals surface area contributed by atoms with Crippen LogP contribution in [0.5, 0.6) is 0 Å². The van der Waals surface area contributed by atoms with E-state index < -0.39 is 0 Å². The summed E-state index contributed by atoms with van der Waals surface area (Å²) in [5.74, 6) is 0.551. The van der Waals surface area contributed by atoms with E-state index in [1.807, 2.05) is 10.7 Å². The second kappa shape index (κ2) is 5.12. The lowest BCUT2D eigenvalue weighted by Gasteiger charge is -2.14. The minimum atomic E-state index is -0.110. The minimum Gasteiger partial charge on any atom is -0.396 e. The van der Waals surface area contributed by atoms with Crippen LogP contribution in [0, 0.1) is 5.92 Å². The van der Waals surface area contributed by atoms with Gasteiger partial charge in [-0.1, -0.05) is 13.8 Å². The fourth-order valence-corrected chi connectivity index (χ4v) is 1.44. The Morgan fingerprint density at radius 1 is 1.57 bits per heavy atom. The molecule has 0 saturated heterocycles. The molecule has 0 amide bonds. The molecule has 4 heteroatoms. The zero-order chi connectivity index (χ0) is 10.6. The predicted octanol–water partition coefficient (Wildman–Crippen LogP) is 0.921. The second-order valence-corrected chi connectivity index (χ2v) is 3.95. The highest BCUT2D eigenvalue weighted by molar-refractivity contribution is 5.06. The second-order valence-electron chi connectivity index (χ2n) is 3.95.